The first-order chi connectivity index (χ1) is 6.61. The topological polar surface area (TPSA) is 40.9 Å². The zero-order chi connectivity index (χ0) is 10.7. The van der Waals surface area contributed by atoms with E-state index in [1.54, 1.807) is 0 Å². The molecule has 14 heavy (non-hydrogen) atoms. The second-order valence-electron chi connectivity index (χ2n) is 2.78. The highest BCUT2D eigenvalue weighted by Crippen LogP contribution is 2.21. The zero-order valence-corrected chi connectivity index (χ0v) is 11.2. The molecule has 0 unspecified atom stereocenters. The Morgan fingerprint density at radius 2 is 2.29 bits per heavy atom. The van der Waals surface area contributed by atoms with Crippen LogP contribution in [0.25, 0.3) is 0 Å². The fourth-order valence-electron chi connectivity index (χ4n) is 1.16. The van der Waals surface area contributed by atoms with Crippen LogP contribution in [0.3, 0.4) is 0 Å². The van der Waals surface area contributed by atoms with Gasteiger partial charge in [-0.15, -0.1) is 0 Å². The van der Waals surface area contributed by atoms with Gasteiger partial charge >= 0.3 is 0 Å². The number of carbonyl (C=O) groups is 1. The molecule has 0 aliphatic carbocycles. The summed E-state index contributed by atoms with van der Waals surface area (Å²) in [6.45, 7) is 1.83. The van der Waals surface area contributed by atoms with Crippen LogP contribution in [0.5, 0.6) is 0 Å². The minimum absolute atomic E-state index is 0.0466. The van der Waals surface area contributed by atoms with Crippen LogP contribution in [0.15, 0.2) is 12.1 Å². The molecule has 72 valence electrons. The third-order valence-electron chi connectivity index (χ3n) is 1.87. The fraction of sp³-hybridized carbons (Fsp3) is 0.200. The maximum absolute atomic E-state index is 11.6. The van der Waals surface area contributed by atoms with Crippen LogP contribution in [0.4, 0.5) is 0 Å². The van der Waals surface area contributed by atoms with Crippen molar-refractivity contribution >= 4 is 44.3 Å². The molecule has 0 saturated carbocycles. The number of halogens is 2. The standard InChI is InChI=1S/C10H7BrINO/c1-6-2-3-8(12)10(7(6)5-13)9(14)4-11/h2-3H,4H2,1H3. The Kier molecular flexibility index (Phi) is 4.08. The van der Waals surface area contributed by atoms with Gasteiger partial charge in [0, 0.05) is 9.13 Å². The molecule has 0 aliphatic heterocycles. The molecule has 0 aliphatic rings. The molecule has 0 N–H and O–H groups in total. The van der Waals surface area contributed by atoms with Crippen molar-refractivity contribution in [2.45, 2.75) is 6.92 Å². The minimum atomic E-state index is -0.0466. The van der Waals surface area contributed by atoms with Crippen molar-refractivity contribution < 1.29 is 4.79 Å². The Balaban J connectivity index is 3.47. The van der Waals surface area contributed by atoms with Crippen molar-refractivity contribution in [3.05, 3.63) is 32.4 Å². The summed E-state index contributed by atoms with van der Waals surface area (Å²) in [6, 6.07) is 5.78. The average Bonchev–Trinajstić information content (AvgIpc) is 2.19. The van der Waals surface area contributed by atoms with Crippen molar-refractivity contribution in [1.82, 2.24) is 0 Å². The molecule has 0 bridgehead atoms. The normalized spacial score (nSPS) is 9.57. The second-order valence-corrected chi connectivity index (χ2v) is 4.51. The Labute approximate surface area is 105 Å². The lowest BCUT2D eigenvalue weighted by Crippen LogP contribution is -2.07. The number of nitrogens with zero attached hydrogens (tertiary/aromatic N) is 1. The quantitative estimate of drug-likeness (QED) is 0.460. The van der Waals surface area contributed by atoms with Gasteiger partial charge in [-0.05, 0) is 41.1 Å². The number of ketones is 1. The number of Topliss-reactive ketones (excluding diaryl/α,β-unsaturated/α-hetero) is 1. The van der Waals surface area contributed by atoms with Crippen molar-refractivity contribution in [1.29, 1.82) is 5.26 Å². The lowest BCUT2D eigenvalue weighted by molar-refractivity contribution is 0.102. The Bertz CT molecular complexity index is 423. The number of alkyl halides is 1. The van der Waals surface area contributed by atoms with Gasteiger partial charge in [0.15, 0.2) is 5.78 Å². The first kappa shape index (κ1) is 11.7. The zero-order valence-electron chi connectivity index (χ0n) is 7.47. The first-order valence-electron chi connectivity index (χ1n) is 3.90. The van der Waals surface area contributed by atoms with Crippen LogP contribution >= 0.6 is 38.5 Å². The fourth-order valence-corrected chi connectivity index (χ4v) is 2.20. The number of benzene rings is 1. The van der Waals surface area contributed by atoms with Crippen LogP contribution in [0.2, 0.25) is 0 Å². The third-order valence-corrected chi connectivity index (χ3v) is 3.28. The molecule has 0 fully saturated rings. The van der Waals surface area contributed by atoms with Crippen molar-refractivity contribution in [3.63, 3.8) is 0 Å². The molecular formula is C10H7BrINO. The van der Waals surface area contributed by atoms with Gasteiger partial charge in [0.05, 0.1) is 10.9 Å². The largest absolute Gasteiger partial charge is 0.293 e. The van der Waals surface area contributed by atoms with Crippen molar-refractivity contribution in [3.8, 4) is 6.07 Å². The van der Waals surface area contributed by atoms with E-state index >= 15 is 0 Å². The molecule has 0 amide bonds. The molecule has 2 nitrogen and oxygen atoms in total. The Morgan fingerprint density at radius 3 is 2.79 bits per heavy atom. The van der Waals surface area contributed by atoms with Gasteiger partial charge in [-0.25, -0.2) is 0 Å². The molecule has 1 aromatic rings. The van der Waals surface area contributed by atoms with E-state index in [0.29, 0.717) is 11.1 Å². The van der Waals surface area contributed by atoms with E-state index in [1.807, 2.05) is 19.1 Å². The van der Waals surface area contributed by atoms with Crippen molar-refractivity contribution in [2.24, 2.45) is 0 Å². The van der Waals surface area contributed by atoms with E-state index in [4.69, 9.17) is 5.26 Å². The lowest BCUT2D eigenvalue weighted by atomic mass is 10.0. The maximum Gasteiger partial charge on any atom is 0.175 e. The summed E-state index contributed by atoms with van der Waals surface area (Å²) in [7, 11) is 0. The first-order valence-corrected chi connectivity index (χ1v) is 6.10. The highest BCUT2D eigenvalue weighted by molar-refractivity contribution is 14.1. The molecule has 0 heterocycles. The van der Waals surface area contributed by atoms with Gasteiger partial charge in [-0.1, -0.05) is 22.0 Å². The number of aryl methyl sites for hydroxylation is 1. The van der Waals surface area contributed by atoms with Crippen LogP contribution < -0.4 is 0 Å². The van der Waals surface area contributed by atoms with E-state index in [1.165, 1.54) is 0 Å². The number of rotatable bonds is 2. The number of hydrogen-bond acceptors (Lipinski definition) is 2. The number of carbonyl (C=O) groups excluding carboxylic acids is 1. The van der Waals surface area contributed by atoms with Gasteiger partial charge in [0.25, 0.3) is 0 Å². The summed E-state index contributed by atoms with van der Waals surface area (Å²) in [5.74, 6) is -0.0466. The monoisotopic (exact) mass is 363 g/mol. The third kappa shape index (κ3) is 2.15. The lowest BCUT2D eigenvalue weighted by Gasteiger charge is -2.06. The van der Waals surface area contributed by atoms with E-state index < -0.39 is 0 Å². The molecule has 4 heteroatoms. The summed E-state index contributed by atoms with van der Waals surface area (Å²) in [5, 5.41) is 9.20. The predicted octanol–water partition coefficient (Wildman–Crippen LogP) is 3.05. The summed E-state index contributed by atoms with van der Waals surface area (Å²) >= 11 is 5.18. The van der Waals surface area contributed by atoms with Crippen molar-refractivity contribution in [2.75, 3.05) is 5.33 Å². The SMILES string of the molecule is Cc1ccc(I)c(C(=O)CBr)c1C#N. The highest BCUT2D eigenvalue weighted by atomic mass is 127. The maximum atomic E-state index is 11.6. The van der Waals surface area contributed by atoms with E-state index in [2.05, 4.69) is 44.6 Å². The molecular weight excluding hydrogens is 357 g/mol. The summed E-state index contributed by atoms with van der Waals surface area (Å²) in [5.41, 5.74) is 1.86. The number of nitriles is 1. The molecule has 0 saturated heterocycles. The molecule has 0 aromatic heterocycles. The minimum Gasteiger partial charge on any atom is -0.293 e. The van der Waals surface area contributed by atoms with E-state index in [-0.39, 0.29) is 11.1 Å². The van der Waals surface area contributed by atoms with Gasteiger partial charge in [0.2, 0.25) is 0 Å². The Hall–Kier alpha value is -0.410. The average molecular weight is 364 g/mol. The summed E-state index contributed by atoms with van der Waals surface area (Å²) in [4.78, 5) is 11.6. The van der Waals surface area contributed by atoms with Crippen LogP contribution in [0.1, 0.15) is 21.5 Å². The number of hydrogen-bond donors (Lipinski definition) is 0. The molecule has 0 atom stereocenters. The molecule has 0 radical (unpaired) electrons. The van der Waals surface area contributed by atoms with Gasteiger partial charge in [-0.3, -0.25) is 4.79 Å². The predicted molar refractivity (Wildman–Crippen MR) is 66.7 cm³/mol. The molecule has 1 rings (SSSR count). The van der Waals surface area contributed by atoms with Crippen LogP contribution in [-0.4, -0.2) is 11.1 Å². The van der Waals surface area contributed by atoms with Gasteiger partial charge in [0.1, 0.15) is 6.07 Å². The summed E-state index contributed by atoms with van der Waals surface area (Å²) < 4.78 is 0.828. The Morgan fingerprint density at radius 1 is 1.64 bits per heavy atom. The molecule has 0 spiro atoms. The summed E-state index contributed by atoms with van der Waals surface area (Å²) in [6.07, 6.45) is 0. The van der Waals surface area contributed by atoms with E-state index in [0.717, 1.165) is 9.13 Å². The smallest absolute Gasteiger partial charge is 0.175 e. The second kappa shape index (κ2) is 4.89. The van der Waals surface area contributed by atoms with E-state index in [9.17, 15) is 4.79 Å². The van der Waals surface area contributed by atoms with Gasteiger partial charge < -0.3 is 0 Å². The van der Waals surface area contributed by atoms with Crippen LogP contribution in [-0.2, 0) is 0 Å². The molecule has 1 aromatic carbocycles. The highest BCUT2D eigenvalue weighted by Gasteiger charge is 2.15. The van der Waals surface area contributed by atoms with Gasteiger partial charge in [-0.2, -0.15) is 5.26 Å². The van der Waals surface area contributed by atoms with Crippen LogP contribution in [0, 0.1) is 21.8 Å².